The van der Waals surface area contributed by atoms with Crippen LogP contribution in [0.15, 0.2) is 23.8 Å². The Morgan fingerprint density at radius 1 is 1.29 bits per heavy atom. The van der Waals surface area contributed by atoms with E-state index in [2.05, 4.69) is 52.8 Å². The second-order valence-electron chi connectivity index (χ2n) is 5.10. The van der Waals surface area contributed by atoms with Crippen LogP contribution in [0.3, 0.4) is 0 Å². The van der Waals surface area contributed by atoms with Crippen LogP contribution in [-0.2, 0) is 0 Å². The van der Waals surface area contributed by atoms with Gasteiger partial charge in [0.15, 0.2) is 0 Å². The first kappa shape index (κ1) is 11.5. The van der Waals surface area contributed by atoms with E-state index in [1.165, 1.54) is 0 Å². The summed E-state index contributed by atoms with van der Waals surface area (Å²) in [6, 6.07) is 0. The number of allylic oxidation sites excluding steroid dienone is 2. The van der Waals surface area contributed by atoms with E-state index in [0.29, 0.717) is 11.8 Å². The quantitative estimate of drug-likeness (QED) is 0.716. The second kappa shape index (κ2) is 3.90. The van der Waals surface area contributed by atoms with E-state index in [-0.39, 0.29) is 11.5 Å². The van der Waals surface area contributed by atoms with Gasteiger partial charge in [0, 0.05) is 5.41 Å². The Hall–Kier alpha value is -0.560. The van der Waals surface area contributed by atoms with Gasteiger partial charge in [-0.15, -0.1) is 0 Å². The molecule has 0 saturated heterocycles. The van der Waals surface area contributed by atoms with Gasteiger partial charge >= 0.3 is 0 Å². The van der Waals surface area contributed by atoms with Gasteiger partial charge in [0.2, 0.25) is 0 Å². The molecular weight excluding hydrogens is 172 g/mol. The van der Waals surface area contributed by atoms with Crippen molar-refractivity contribution in [3.8, 4) is 0 Å². The van der Waals surface area contributed by atoms with Crippen LogP contribution in [0.5, 0.6) is 0 Å². The zero-order chi connectivity index (χ0) is 10.9. The highest BCUT2D eigenvalue weighted by atomic mass is 16.3. The van der Waals surface area contributed by atoms with Crippen LogP contribution >= 0.6 is 0 Å². The lowest BCUT2D eigenvalue weighted by Crippen LogP contribution is -2.39. The van der Waals surface area contributed by atoms with Crippen LogP contribution in [-0.4, -0.2) is 11.2 Å². The third kappa shape index (κ3) is 1.78. The topological polar surface area (TPSA) is 20.2 Å². The first-order valence-corrected chi connectivity index (χ1v) is 5.47. The van der Waals surface area contributed by atoms with Gasteiger partial charge in [-0.3, -0.25) is 0 Å². The van der Waals surface area contributed by atoms with E-state index < -0.39 is 0 Å². The minimum Gasteiger partial charge on any atom is -0.388 e. The molecule has 2 unspecified atom stereocenters. The molecule has 0 radical (unpaired) electrons. The number of hydrogen-bond acceptors (Lipinski definition) is 1. The molecule has 0 aliphatic heterocycles. The molecule has 1 nitrogen and oxygen atoms in total. The lowest BCUT2D eigenvalue weighted by Gasteiger charge is -2.40. The maximum Gasteiger partial charge on any atom is 0.0846 e. The molecule has 14 heavy (non-hydrogen) atoms. The van der Waals surface area contributed by atoms with Crippen molar-refractivity contribution >= 4 is 0 Å². The van der Waals surface area contributed by atoms with Crippen molar-refractivity contribution in [3.63, 3.8) is 0 Å². The molecule has 1 aliphatic rings. The lowest BCUT2D eigenvalue weighted by atomic mass is 9.68. The number of hydrogen-bond donors (Lipinski definition) is 1. The second-order valence-corrected chi connectivity index (χ2v) is 5.10. The summed E-state index contributed by atoms with van der Waals surface area (Å²) in [7, 11) is 0. The molecule has 0 aromatic heterocycles. The first-order valence-electron chi connectivity index (χ1n) is 5.47. The summed E-state index contributed by atoms with van der Waals surface area (Å²) in [6.45, 7) is 10.7. The van der Waals surface area contributed by atoms with E-state index in [1.807, 2.05) is 0 Å². The molecule has 0 bridgehead atoms. The summed E-state index contributed by atoms with van der Waals surface area (Å²) in [4.78, 5) is 0. The monoisotopic (exact) mass is 194 g/mol. The molecule has 0 spiro atoms. The largest absolute Gasteiger partial charge is 0.388 e. The molecule has 80 valence electrons. The van der Waals surface area contributed by atoms with Crippen molar-refractivity contribution in [1.82, 2.24) is 0 Å². The number of aliphatic hydroxyl groups is 1. The van der Waals surface area contributed by atoms with Crippen molar-refractivity contribution < 1.29 is 5.11 Å². The molecule has 0 aromatic rings. The zero-order valence-electron chi connectivity index (χ0n) is 9.91. The molecule has 0 fully saturated rings. The molecule has 1 heteroatoms. The summed E-state index contributed by atoms with van der Waals surface area (Å²) in [5.41, 5.74) is 1.05. The third-order valence-electron chi connectivity index (χ3n) is 3.56. The van der Waals surface area contributed by atoms with Gasteiger partial charge in [-0.2, -0.15) is 0 Å². The molecule has 0 saturated carbocycles. The third-order valence-corrected chi connectivity index (χ3v) is 3.56. The van der Waals surface area contributed by atoms with Crippen molar-refractivity contribution in [2.75, 3.05) is 0 Å². The highest BCUT2D eigenvalue weighted by molar-refractivity contribution is 5.29. The van der Waals surface area contributed by atoms with Gasteiger partial charge in [-0.25, -0.2) is 0 Å². The maximum absolute atomic E-state index is 10.3. The summed E-state index contributed by atoms with van der Waals surface area (Å²) in [5, 5.41) is 10.3. The van der Waals surface area contributed by atoms with E-state index >= 15 is 0 Å². The van der Waals surface area contributed by atoms with E-state index in [0.717, 1.165) is 5.57 Å². The van der Waals surface area contributed by atoms with Gasteiger partial charge in [0.05, 0.1) is 6.10 Å². The normalized spacial score (nSPS) is 32.6. The molecule has 0 aromatic carbocycles. The Balaban J connectivity index is 2.99. The summed E-state index contributed by atoms with van der Waals surface area (Å²) in [5.74, 6) is 0.879. The zero-order valence-corrected chi connectivity index (χ0v) is 9.91. The molecular formula is C13H22O. The predicted molar refractivity (Wildman–Crippen MR) is 61.0 cm³/mol. The Morgan fingerprint density at radius 3 is 2.29 bits per heavy atom. The van der Waals surface area contributed by atoms with E-state index in [4.69, 9.17) is 0 Å². The molecule has 1 N–H and O–H groups in total. The fraction of sp³-hybridized carbons (Fsp3) is 0.692. The Kier molecular flexibility index (Phi) is 3.20. The average molecular weight is 194 g/mol. The van der Waals surface area contributed by atoms with Gasteiger partial charge in [-0.1, -0.05) is 52.8 Å². The molecule has 1 aliphatic carbocycles. The van der Waals surface area contributed by atoms with E-state index in [1.54, 1.807) is 0 Å². The minimum atomic E-state index is -0.326. The van der Waals surface area contributed by atoms with Crippen molar-refractivity contribution in [2.24, 2.45) is 17.3 Å². The highest BCUT2D eigenvalue weighted by Gasteiger charge is 2.37. The molecule has 2 atom stereocenters. The fourth-order valence-corrected chi connectivity index (χ4v) is 1.92. The molecule has 0 heterocycles. The maximum atomic E-state index is 10.3. The van der Waals surface area contributed by atoms with Crippen LogP contribution < -0.4 is 0 Å². The van der Waals surface area contributed by atoms with Crippen LogP contribution in [0, 0.1) is 17.3 Å². The lowest BCUT2D eigenvalue weighted by molar-refractivity contribution is 0.0591. The van der Waals surface area contributed by atoms with E-state index in [9.17, 15) is 5.11 Å². The Bertz CT molecular complexity index is 260. The van der Waals surface area contributed by atoms with Crippen molar-refractivity contribution in [1.29, 1.82) is 0 Å². The molecule has 1 rings (SSSR count). The number of aliphatic hydroxyl groups excluding tert-OH is 1. The van der Waals surface area contributed by atoms with Crippen molar-refractivity contribution in [2.45, 2.75) is 40.7 Å². The Morgan fingerprint density at radius 2 is 1.86 bits per heavy atom. The van der Waals surface area contributed by atoms with Crippen LogP contribution in [0.1, 0.15) is 34.6 Å². The van der Waals surface area contributed by atoms with Gasteiger partial charge in [0.1, 0.15) is 0 Å². The van der Waals surface area contributed by atoms with Crippen LogP contribution in [0.4, 0.5) is 0 Å². The standard InChI is InChI=1S/C13H22O/c1-9(2)11-7-6-8-13(5,10(3)4)12(11)14/h6-10,12,14H,1-5H3. The van der Waals surface area contributed by atoms with Gasteiger partial charge < -0.3 is 5.11 Å². The minimum absolute atomic E-state index is 0.103. The Labute approximate surface area is 87.5 Å². The van der Waals surface area contributed by atoms with Gasteiger partial charge in [-0.05, 0) is 17.4 Å². The average Bonchev–Trinajstić information content (AvgIpc) is 2.09. The smallest absolute Gasteiger partial charge is 0.0846 e. The van der Waals surface area contributed by atoms with Crippen LogP contribution in [0.25, 0.3) is 0 Å². The van der Waals surface area contributed by atoms with Crippen molar-refractivity contribution in [3.05, 3.63) is 23.8 Å². The fourth-order valence-electron chi connectivity index (χ4n) is 1.92. The molecule has 0 amide bonds. The van der Waals surface area contributed by atoms with Crippen LogP contribution in [0.2, 0.25) is 0 Å². The summed E-state index contributed by atoms with van der Waals surface area (Å²) in [6.07, 6.45) is 5.95. The summed E-state index contributed by atoms with van der Waals surface area (Å²) >= 11 is 0. The predicted octanol–water partition coefficient (Wildman–Crippen LogP) is 3.16. The van der Waals surface area contributed by atoms with Gasteiger partial charge in [0.25, 0.3) is 0 Å². The highest BCUT2D eigenvalue weighted by Crippen LogP contribution is 2.40. The number of rotatable bonds is 2. The SMILES string of the molecule is CC(C)C1=CC=CC(C)(C(C)C)C1O. The first-order chi connectivity index (χ1) is 6.39. The summed E-state index contributed by atoms with van der Waals surface area (Å²) < 4.78 is 0.